The zero-order valence-electron chi connectivity index (χ0n) is 13.1. The molecule has 3 N–H and O–H groups in total. The highest BCUT2D eigenvalue weighted by Crippen LogP contribution is 2.40. The topological polar surface area (TPSA) is 75.4 Å². The van der Waals surface area contributed by atoms with E-state index in [1.807, 2.05) is 11.8 Å². The van der Waals surface area contributed by atoms with Gasteiger partial charge in [0.25, 0.3) is 0 Å². The van der Waals surface area contributed by atoms with Crippen LogP contribution in [0.4, 0.5) is 10.5 Å². The Morgan fingerprint density at radius 2 is 1.95 bits per heavy atom. The Morgan fingerprint density at radius 1 is 1.27 bits per heavy atom. The highest BCUT2D eigenvalue weighted by atomic mass is 16.2. The van der Waals surface area contributed by atoms with Gasteiger partial charge in [0.05, 0.1) is 0 Å². The second kappa shape index (κ2) is 5.63. The maximum Gasteiger partial charge on any atom is 0.322 e. The van der Waals surface area contributed by atoms with Crippen LogP contribution in [0.3, 0.4) is 0 Å². The summed E-state index contributed by atoms with van der Waals surface area (Å²) in [5.41, 5.74) is 7.28. The summed E-state index contributed by atoms with van der Waals surface area (Å²) in [6.07, 6.45) is 4.66. The molecule has 2 fully saturated rings. The van der Waals surface area contributed by atoms with Crippen molar-refractivity contribution in [2.75, 3.05) is 5.32 Å². The second-order valence-corrected chi connectivity index (χ2v) is 6.54. The summed E-state index contributed by atoms with van der Waals surface area (Å²) in [5, 5.41) is 2.97. The standard InChI is InChI=1S/C17H23N3O2/c1-10-9-13(5-8-15(10)16(18)21)19-17(22)20(14-6-7-14)11(2)12-3-4-12/h5,8-9,11-12,14H,3-4,6-7H2,1-2H3,(H2,18,21)(H,19,22)/t11-/m1/s1. The third-order valence-electron chi connectivity index (χ3n) is 4.66. The van der Waals surface area contributed by atoms with Crippen LogP contribution in [0.5, 0.6) is 0 Å². The predicted molar refractivity (Wildman–Crippen MR) is 85.8 cm³/mol. The average molecular weight is 301 g/mol. The molecule has 1 aromatic carbocycles. The van der Waals surface area contributed by atoms with Gasteiger partial charge in [0.2, 0.25) is 5.91 Å². The SMILES string of the molecule is Cc1cc(NC(=O)N(C2CC2)[C@H](C)C2CC2)ccc1C(N)=O. The van der Waals surface area contributed by atoms with Crippen molar-refractivity contribution in [3.8, 4) is 0 Å². The van der Waals surface area contributed by atoms with Crippen LogP contribution in [-0.4, -0.2) is 28.9 Å². The largest absolute Gasteiger partial charge is 0.366 e. The highest BCUT2D eigenvalue weighted by Gasteiger charge is 2.41. The monoisotopic (exact) mass is 301 g/mol. The summed E-state index contributed by atoms with van der Waals surface area (Å²) < 4.78 is 0. The van der Waals surface area contributed by atoms with E-state index in [4.69, 9.17) is 5.73 Å². The van der Waals surface area contributed by atoms with Crippen molar-refractivity contribution in [3.05, 3.63) is 29.3 Å². The first kappa shape index (κ1) is 14.9. The number of carbonyl (C=O) groups excluding carboxylic acids is 2. The van der Waals surface area contributed by atoms with Crippen molar-refractivity contribution in [3.63, 3.8) is 0 Å². The average Bonchev–Trinajstić information content (AvgIpc) is 3.31. The minimum absolute atomic E-state index is 0.0341. The molecule has 0 heterocycles. The van der Waals surface area contributed by atoms with E-state index in [1.165, 1.54) is 12.8 Å². The number of rotatable bonds is 5. The molecule has 0 aromatic heterocycles. The van der Waals surface area contributed by atoms with Gasteiger partial charge in [0, 0.05) is 23.3 Å². The third-order valence-corrected chi connectivity index (χ3v) is 4.66. The van der Waals surface area contributed by atoms with E-state index in [9.17, 15) is 9.59 Å². The molecule has 1 atom stereocenters. The predicted octanol–water partition coefficient (Wildman–Crippen LogP) is 2.89. The van der Waals surface area contributed by atoms with Gasteiger partial charge in [-0.2, -0.15) is 0 Å². The normalized spacial score (nSPS) is 18.6. The Bertz CT molecular complexity index is 606. The van der Waals surface area contributed by atoms with Gasteiger partial charge in [-0.25, -0.2) is 4.79 Å². The van der Waals surface area contributed by atoms with Crippen molar-refractivity contribution in [1.82, 2.24) is 4.90 Å². The number of hydrogen-bond donors (Lipinski definition) is 2. The Kier molecular flexibility index (Phi) is 3.81. The van der Waals surface area contributed by atoms with Gasteiger partial charge in [-0.05, 0) is 69.2 Å². The van der Waals surface area contributed by atoms with Gasteiger partial charge in [0.15, 0.2) is 0 Å². The van der Waals surface area contributed by atoms with Crippen LogP contribution >= 0.6 is 0 Å². The summed E-state index contributed by atoms with van der Waals surface area (Å²) >= 11 is 0. The van der Waals surface area contributed by atoms with E-state index in [-0.39, 0.29) is 6.03 Å². The number of hydrogen-bond acceptors (Lipinski definition) is 2. The highest BCUT2D eigenvalue weighted by molar-refractivity contribution is 5.96. The van der Waals surface area contributed by atoms with E-state index in [1.54, 1.807) is 18.2 Å². The number of urea groups is 1. The molecule has 0 unspecified atom stereocenters. The number of nitrogens with one attached hydrogen (secondary N) is 1. The van der Waals surface area contributed by atoms with Crippen molar-refractivity contribution in [2.24, 2.45) is 11.7 Å². The first-order chi connectivity index (χ1) is 10.5. The zero-order valence-corrected chi connectivity index (χ0v) is 13.1. The number of aryl methyl sites for hydroxylation is 1. The van der Waals surface area contributed by atoms with E-state index < -0.39 is 5.91 Å². The lowest BCUT2D eigenvalue weighted by atomic mass is 10.1. The molecule has 0 saturated heterocycles. The molecule has 2 aliphatic carbocycles. The van der Waals surface area contributed by atoms with Crippen molar-refractivity contribution in [2.45, 2.75) is 51.6 Å². The number of anilines is 1. The molecule has 0 aliphatic heterocycles. The van der Waals surface area contributed by atoms with E-state index in [0.29, 0.717) is 29.3 Å². The zero-order chi connectivity index (χ0) is 15.9. The molecule has 2 aliphatic rings. The minimum Gasteiger partial charge on any atom is -0.366 e. The van der Waals surface area contributed by atoms with Gasteiger partial charge in [0.1, 0.15) is 0 Å². The van der Waals surface area contributed by atoms with Crippen LogP contribution < -0.4 is 11.1 Å². The summed E-state index contributed by atoms with van der Waals surface area (Å²) in [7, 11) is 0. The van der Waals surface area contributed by atoms with Crippen LogP contribution in [0.1, 0.15) is 48.5 Å². The summed E-state index contributed by atoms with van der Waals surface area (Å²) in [4.78, 5) is 25.9. The number of carbonyl (C=O) groups is 2. The van der Waals surface area contributed by atoms with E-state index in [2.05, 4.69) is 12.2 Å². The van der Waals surface area contributed by atoms with Gasteiger partial charge in [-0.15, -0.1) is 0 Å². The molecule has 0 bridgehead atoms. The maximum atomic E-state index is 12.6. The molecule has 22 heavy (non-hydrogen) atoms. The van der Waals surface area contributed by atoms with E-state index >= 15 is 0 Å². The molecule has 5 nitrogen and oxygen atoms in total. The van der Waals surface area contributed by atoms with Gasteiger partial charge in [-0.1, -0.05) is 0 Å². The molecular formula is C17H23N3O2. The van der Waals surface area contributed by atoms with Crippen LogP contribution in [0.15, 0.2) is 18.2 Å². The first-order valence-electron chi connectivity index (χ1n) is 7.97. The lowest BCUT2D eigenvalue weighted by Gasteiger charge is -2.29. The van der Waals surface area contributed by atoms with Crippen LogP contribution in [-0.2, 0) is 0 Å². The maximum absolute atomic E-state index is 12.6. The molecule has 0 radical (unpaired) electrons. The van der Waals surface area contributed by atoms with Crippen LogP contribution in [0.25, 0.3) is 0 Å². The second-order valence-electron chi connectivity index (χ2n) is 6.54. The van der Waals surface area contributed by atoms with Gasteiger partial charge >= 0.3 is 6.03 Å². The fourth-order valence-electron chi connectivity index (χ4n) is 3.05. The number of primary amides is 1. The lowest BCUT2D eigenvalue weighted by molar-refractivity contribution is 0.0999. The molecule has 5 heteroatoms. The molecule has 3 amide bonds. The Labute approximate surface area is 130 Å². The minimum atomic E-state index is -0.447. The summed E-state index contributed by atoms with van der Waals surface area (Å²) in [6.45, 7) is 3.97. The summed E-state index contributed by atoms with van der Waals surface area (Å²) in [5.74, 6) is 0.211. The fourth-order valence-corrected chi connectivity index (χ4v) is 3.05. The molecule has 1 aromatic rings. The Hall–Kier alpha value is -2.04. The van der Waals surface area contributed by atoms with Crippen molar-refractivity contribution < 1.29 is 9.59 Å². The first-order valence-corrected chi connectivity index (χ1v) is 7.97. The molecular weight excluding hydrogens is 278 g/mol. The van der Waals surface area contributed by atoms with Crippen LogP contribution in [0.2, 0.25) is 0 Å². The molecule has 0 spiro atoms. The molecule has 3 rings (SSSR count). The third kappa shape index (κ3) is 3.08. The summed E-state index contributed by atoms with van der Waals surface area (Å²) in [6, 6.07) is 5.86. The Balaban J connectivity index is 1.72. The van der Waals surface area contributed by atoms with Crippen LogP contribution in [0, 0.1) is 12.8 Å². The quantitative estimate of drug-likeness (QED) is 0.877. The van der Waals surface area contributed by atoms with Gasteiger partial charge < -0.3 is 16.0 Å². The number of benzene rings is 1. The molecule has 2 saturated carbocycles. The number of nitrogens with two attached hydrogens (primary N) is 1. The smallest absolute Gasteiger partial charge is 0.322 e. The van der Waals surface area contributed by atoms with Crippen molar-refractivity contribution >= 4 is 17.6 Å². The molecule has 118 valence electrons. The van der Waals surface area contributed by atoms with Crippen molar-refractivity contribution in [1.29, 1.82) is 0 Å². The number of amides is 3. The number of nitrogens with zero attached hydrogens (tertiary/aromatic N) is 1. The Morgan fingerprint density at radius 3 is 2.45 bits per heavy atom. The lowest BCUT2D eigenvalue weighted by Crippen LogP contribution is -2.44. The van der Waals surface area contributed by atoms with E-state index in [0.717, 1.165) is 18.4 Å². The van der Waals surface area contributed by atoms with Gasteiger partial charge in [-0.3, -0.25) is 4.79 Å². The fraction of sp³-hybridized carbons (Fsp3) is 0.529.